The van der Waals surface area contributed by atoms with Gasteiger partial charge >= 0.3 is 6.03 Å². The van der Waals surface area contributed by atoms with E-state index in [-0.39, 0.29) is 12.1 Å². The molecule has 0 bridgehead atoms. The molecule has 1 aliphatic heterocycles. The first-order chi connectivity index (χ1) is 10.3. The number of thiophene rings is 1. The molecule has 3 rings (SSSR count). The van der Waals surface area contributed by atoms with Gasteiger partial charge in [0.05, 0.1) is 6.04 Å². The Morgan fingerprint density at radius 2 is 2.43 bits per heavy atom. The van der Waals surface area contributed by atoms with Crippen LogP contribution in [0.15, 0.2) is 36.0 Å². The van der Waals surface area contributed by atoms with Crippen molar-refractivity contribution in [2.75, 3.05) is 6.54 Å². The van der Waals surface area contributed by atoms with Crippen LogP contribution in [0.2, 0.25) is 0 Å². The summed E-state index contributed by atoms with van der Waals surface area (Å²) >= 11 is 1.80. The lowest BCUT2D eigenvalue weighted by atomic mass is 9.98. The van der Waals surface area contributed by atoms with Gasteiger partial charge in [-0.3, -0.25) is 4.98 Å². The molecule has 2 aromatic rings. The highest BCUT2D eigenvalue weighted by Crippen LogP contribution is 2.35. The lowest BCUT2D eigenvalue weighted by Gasteiger charge is -2.35. The van der Waals surface area contributed by atoms with E-state index >= 15 is 0 Å². The third kappa shape index (κ3) is 2.93. The molecular weight excluding hydrogens is 282 g/mol. The van der Waals surface area contributed by atoms with E-state index in [0.29, 0.717) is 6.54 Å². The van der Waals surface area contributed by atoms with Crippen molar-refractivity contribution in [1.82, 2.24) is 15.2 Å². The van der Waals surface area contributed by atoms with Crippen molar-refractivity contribution in [1.29, 1.82) is 0 Å². The molecule has 0 saturated heterocycles. The molecule has 0 saturated carbocycles. The molecule has 110 valence electrons. The molecule has 0 spiro atoms. The van der Waals surface area contributed by atoms with Crippen LogP contribution in [0.25, 0.3) is 0 Å². The second-order valence-electron chi connectivity index (χ2n) is 5.19. The zero-order valence-electron chi connectivity index (χ0n) is 12.1. The Morgan fingerprint density at radius 1 is 1.52 bits per heavy atom. The minimum atomic E-state index is 0.0163. The van der Waals surface area contributed by atoms with Crippen LogP contribution in [0, 0.1) is 0 Å². The van der Waals surface area contributed by atoms with Crippen molar-refractivity contribution in [2.24, 2.45) is 0 Å². The summed E-state index contributed by atoms with van der Waals surface area (Å²) in [5, 5.41) is 5.14. The number of carbonyl (C=O) groups excluding carboxylic acids is 1. The summed E-state index contributed by atoms with van der Waals surface area (Å²) < 4.78 is 0. The predicted molar refractivity (Wildman–Crippen MR) is 84.2 cm³/mol. The lowest BCUT2D eigenvalue weighted by molar-refractivity contribution is 0.167. The fraction of sp³-hybridized carbons (Fsp3) is 0.375. The minimum absolute atomic E-state index is 0.0163. The number of nitrogens with one attached hydrogen (secondary N) is 1. The van der Waals surface area contributed by atoms with Crippen molar-refractivity contribution < 1.29 is 4.79 Å². The summed E-state index contributed by atoms with van der Waals surface area (Å²) in [5.41, 5.74) is 2.34. The summed E-state index contributed by atoms with van der Waals surface area (Å²) in [4.78, 5) is 19.9. The van der Waals surface area contributed by atoms with Crippen LogP contribution in [0.3, 0.4) is 0 Å². The van der Waals surface area contributed by atoms with Gasteiger partial charge in [-0.05, 0) is 41.5 Å². The van der Waals surface area contributed by atoms with E-state index in [1.807, 2.05) is 17.0 Å². The van der Waals surface area contributed by atoms with Crippen molar-refractivity contribution >= 4 is 17.4 Å². The Bertz CT molecular complexity index is 611. The zero-order chi connectivity index (χ0) is 14.7. The molecule has 3 heterocycles. The van der Waals surface area contributed by atoms with Crippen molar-refractivity contribution in [3.63, 3.8) is 0 Å². The molecule has 4 nitrogen and oxygen atoms in total. The van der Waals surface area contributed by atoms with Crippen LogP contribution in [0.4, 0.5) is 4.79 Å². The molecule has 1 atom stereocenters. The summed E-state index contributed by atoms with van der Waals surface area (Å²) in [6.07, 6.45) is 5.43. The molecular formula is C16H19N3OS. The Labute approximate surface area is 128 Å². The van der Waals surface area contributed by atoms with Crippen LogP contribution < -0.4 is 5.32 Å². The predicted octanol–water partition coefficient (Wildman–Crippen LogP) is 3.36. The monoisotopic (exact) mass is 301 g/mol. The van der Waals surface area contributed by atoms with E-state index in [0.717, 1.165) is 24.9 Å². The molecule has 1 aliphatic rings. The van der Waals surface area contributed by atoms with Crippen LogP contribution >= 0.6 is 11.3 Å². The van der Waals surface area contributed by atoms with Crippen LogP contribution in [-0.2, 0) is 13.0 Å². The van der Waals surface area contributed by atoms with Gasteiger partial charge in [-0.15, -0.1) is 11.3 Å². The maximum atomic E-state index is 12.5. The molecule has 0 fully saturated rings. The molecule has 0 radical (unpaired) electrons. The average Bonchev–Trinajstić information content (AvgIpc) is 3.01. The van der Waals surface area contributed by atoms with E-state index in [4.69, 9.17) is 0 Å². The van der Waals surface area contributed by atoms with Gasteiger partial charge < -0.3 is 10.2 Å². The van der Waals surface area contributed by atoms with Gasteiger partial charge in [-0.25, -0.2) is 4.79 Å². The number of nitrogens with zero attached hydrogens (tertiary/aromatic N) is 2. The summed E-state index contributed by atoms with van der Waals surface area (Å²) in [6, 6.07) is 6.23. The van der Waals surface area contributed by atoms with Gasteiger partial charge in [0, 0.05) is 30.4 Å². The second-order valence-corrected chi connectivity index (χ2v) is 6.19. The maximum absolute atomic E-state index is 12.5. The number of carbonyl (C=O) groups is 1. The van der Waals surface area contributed by atoms with E-state index in [9.17, 15) is 4.79 Å². The molecule has 2 aromatic heterocycles. The normalized spacial score (nSPS) is 17.4. The number of fused-ring (bicyclic) bond motifs is 1. The number of amides is 2. The number of aromatic nitrogens is 1. The average molecular weight is 301 g/mol. The Kier molecular flexibility index (Phi) is 4.20. The topological polar surface area (TPSA) is 45.2 Å². The number of hydrogen-bond donors (Lipinski definition) is 1. The Morgan fingerprint density at radius 3 is 3.19 bits per heavy atom. The standard InChI is InChI=1S/C16H19N3OS/c1-2-14-13-6-9-21-15(13)5-8-19(14)16(20)18-11-12-4-3-7-17-10-12/h3-4,6-7,9-10,14H,2,5,8,11H2,1H3,(H,18,20)/t14-/m1/s1. The molecule has 2 amide bonds. The van der Waals surface area contributed by atoms with E-state index in [2.05, 4.69) is 28.7 Å². The Hall–Kier alpha value is -1.88. The highest BCUT2D eigenvalue weighted by molar-refractivity contribution is 7.10. The molecule has 21 heavy (non-hydrogen) atoms. The first-order valence-corrected chi connectivity index (χ1v) is 8.17. The van der Waals surface area contributed by atoms with Gasteiger partial charge in [0.1, 0.15) is 0 Å². The van der Waals surface area contributed by atoms with Gasteiger partial charge in [0.25, 0.3) is 0 Å². The summed E-state index contributed by atoms with van der Waals surface area (Å²) in [6.45, 7) is 3.46. The van der Waals surface area contributed by atoms with Gasteiger partial charge in [-0.2, -0.15) is 0 Å². The van der Waals surface area contributed by atoms with Crippen molar-refractivity contribution in [3.8, 4) is 0 Å². The molecule has 5 heteroatoms. The molecule has 0 unspecified atom stereocenters. The smallest absolute Gasteiger partial charge is 0.318 e. The molecule has 0 aromatic carbocycles. The highest BCUT2D eigenvalue weighted by Gasteiger charge is 2.30. The van der Waals surface area contributed by atoms with Crippen molar-refractivity contribution in [3.05, 3.63) is 52.0 Å². The van der Waals surface area contributed by atoms with E-state index < -0.39 is 0 Å². The van der Waals surface area contributed by atoms with Crippen LogP contribution in [-0.4, -0.2) is 22.5 Å². The Balaban J connectivity index is 1.67. The first-order valence-electron chi connectivity index (χ1n) is 7.29. The highest BCUT2D eigenvalue weighted by atomic mass is 32.1. The number of pyridine rings is 1. The number of urea groups is 1. The second kappa shape index (κ2) is 6.26. The van der Waals surface area contributed by atoms with Crippen LogP contribution in [0.1, 0.15) is 35.4 Å². The van der Waals surface area contributed by atoms with Gasteiger partial charge in [0.2, 0.25) is 0 Å². The summed E-state index contributed by atoms with van der Waals surface area (Å²) in [5.74, 6) is 0. The minimum Gasteiger partial charge on any atom is -0.334 e. The largest absolute Gasteiger partial charge is 0.334 e. The zero-order valence-corrected chi connectivity index (χ0v) is 12.9. The third-order valence-electron chi connectivity index (χ3n) is 3.91. The quantitative estimate of drug-likeness (QED) is 0.945. The van der Waals surface area contributed by atoms with E-state index in [1.54, 1.807) is 23.7 Å². The number of rotatable bonds is 3. The lowest BCUT2D eigenvalue weighted by Crippen LogP contribution is -2.44. The van der Waals surface area contributed by atoms with E-state index in [1.165, 1.54) is 10.4 Å². The van der Waals surface area contributed by atoms with Gasteiger partial charge in [-0.1, -0.05) is 13.0 Å². The van der Waals surface area contributed by atoms with Gasteiger partial charge in [0.15, 0.2) is 0 Å². The third-order valence-corrected chi connectivity index (χ3v) is 4.91. The SMILES string of the molecule is CC[C@@H]1c2ccsc2CCN1C(=O)NCc1cccnc1. The molecule has 0 aliphatic carbocycles. The molecule has 1 N–H and O–H groups in total. The number of hydrogen-bond acceptors (Lipinski definition) is 3. The summed E-state index contributed by atoms with van der Waals surface area (Å²) in [7, 11) is 0. The maximum Gasteiger partial charge on any atom is 0.318 e. The first kappa shape index (κ1) is 14.1. The fourth-order valence-electron chi connectivity index (χ4n) is 2.86. The van der Waals surface area contributed by atoms with Crippen molar-refractivity contribution in [2.45, 2.75) is 32.4 Å². The van der Waals surface area contributed by atoms with Crippen LogP contribution in [0.5, 0.6) is 0 Å². The fourth-order valence-corrected chi connectivity index (χ4v) is 3.79.